The molecule has 0 N–H and O–H groups in total. The van der Waals surface area contributed by atoms with Crippen LogP contribution in [0.15, 0.2) is 59.1 Å². The zero-order valence-corrected chi connectivity index (χ0v) is 11.4. The Morgan fingerprint density at radius 2 is 1.50 bits per heavy atom. The molecule has 0 amide bonds. The number of hydrogen-bond acceptors (Lipinski definition) is 3. The molecule has 0 aliphatic rings. The first-order valence-corrected chi connectivity index (χ1v) is 6.85. The summed E-state index contributed by atoms with van der Waals surface area (Å²) in [5.41, 5.74) is 3.35. The fourth-order valence-electron chi connectivity index (χ4n) is 2.13. The zero-order chi connectivity index (χ0) is 13.8. The van der Waals surface area contributed by atoms with E-state index < -0.39 is 0 Å². The van der Waals surface area contributed by atoms with Crippen molar-refractivity contribution >= 4 is 0 Å². The van der Waals surface area contributed by atoms with Crippen molar-refractivity contribution in [3.63, 3.8) is 0 Å². The maximum absolute atomic E-state index is 5.29. The highest BCUT2D eigenvalue weighted by Gasteiger charge is 2.08. The van der Waals surface area contributed by atoms with Gasteiger partial charge in [0, 0.05) is 12.0 Å². The van der Waals surface area contributed by atoms with Gasteiger partial charge in [-0.05, 0) is 29.7 Å². The van der Waals surface area contributed by atoms with Crippen LogP contribution in [0.1, 0.15) is 19.2 Å². The van der Waals surface area contributed by atoms with Crippen molar-refractivity contribution in [2.75, 3.05) is 0 Å². The lowest BCUT2D eigenvalue weighted by Crippen LogP contribution is -1.85. The molecule has 3 aromatic rings. The van der Waals surface area contributed by atoms with Crippen LogP contribution in [0.5, 0.6) is 0 Å². The van der Waals surface area contributed by atoms with Crippen LogP contribution >= 0.6 is 0 Å². The Hall–Kier alpha value is -2.42. The standard InChI is InChI=1S/C17H16N2O/c1-2-6-16-18-17(20-19-16)15-11-9-14(10-12-15)13-7-4-3-5-8-13/h3-5,7-12H,2,6H2,1H3. The maximum atomic E-state index is 5.29. The molecule has 3 nitrogen and oxygen atoms in total. The van der Waals surface area contributed by atoms with E-state index in [1.807, 2.05) is 30.3 Å². The van der Waals surface area contributed by atoms with E-state index in [9.17, 15) is 0 Å². The normalized spacial score (nSPS) is 10.7. The summed E-state index contributed by atoms with van der Waals surface area (Å²) in [4.78, 5) is 4.39. The van der Waals surface area contributed by atoms with Crippen molar-refractivity contribution in [3.05, 3.63) is 60.4 Å². The van der Waals surface area contributed by atoms with E-state index in [0.29, 0.717) is 5.89 Å². The second kappa shape index (κ2) is 5.70. The van der Waals surface area contributed by atoms with Gasteiger partial charge in [-0.2, -0.15) is 4.98 Å². The SMILES string of the molecule is CCCc1noc(-c2ccc(-c3ccccc3)cc2)n1. The summed E-state index contributed by atoms with van der Waals surface area (Å²) < 4.78 is 5.29. The van der Waals surface area contributed by atoms with E-state index in [-0.39, 0.29) is 0 Å². The van der Waals surface area contributed by atoms with E-state index in [4.69, 9.17) is 4.52 Å². The van der Waals surface area contributed by atoms with Gasteiger partial charge in [-0.25, -0.2) is 0 Å². The third kappa shape index (κ3) is 2.62. The Morgan fingerprint density at radius 1 is 0.850 bits per heavy atom. The van der Waals surface area contributed by atoms with Crippen molar-refractivity contribution in [1.29, 1.82) is 0 Å². The highest BCUT2D eigenvalue weighted by molar-refractivity contribution is 5.67. The Balaban J connectivity index is 1.85. The fourth-order valence-corrected chi connectivity index (χ4v) is 2.13. The molecular formula is C17H16N2O. The summed E-state index contributed by atoms with van der Waals surface area (Å²) in [5, 5.41) is 3.98. The summed E-state index contributed by atoms with van der Waals surface area (Å²) in [5.74, 6) is 1.36. The van der Waals surface area contributed by atoms with Crippen LogP contribution in [0.2, 0.25) is 0 Å². The van der Waals surface area contributed by atoms with Gasteiger partial charge in [0.15, 0.2) is 5.82 Å². The van der Waals surface area contributed by atoms with Crippen molar-refractivity contribution in [2.24, 2.45) is 0 Å². The molecular weight excluding hydrogens is 248 g/mol. The van der Waals surface area contributed by atoms with Gasteiger partial charge in [-0.3, -0.25) is 0 Å². The van der Waals surface area contributed by atoms with Crippen molar-refractivity contribution in [2.45, 2.75) is 19.8 Å². The minimum atomic E-state index is 0.591. The molecule has 0 atom stereocenters. The average Bonchev–Trinajstić information content (AvgIpc) is 2.97. The number of aromatic nitrogens is 2. The van der Waals surface area contributed by atoms with Gasteiger partial charge in [0.2, 0.25) is 0 Å². The third-order valence-electron chi connectivity index (χ3n) is 3.18. The molecule has 0 saturated carbocycles. The summed E-state index contributed by atoms with van der Waals surface area (Å²) in [6, 6.07) is 18.5. The fraction of sp³-hybridized carbons (Fsp3) is 0.176. The van der Waals surface area contributed by atoms with Crippen molar-refractivity contribution < 1.29 is 4.52 Å². The first-order chi connectivity index (χ1) is 9.86. The van der Waals surface area contributed by atoms with Gasteiger partial charge >= 0.3 is 0 Å². The average molecular weight is 264 g/mol. The summed E-state index contributed by atoms with van der Waals surface area (Å²) in [6.07, 6.45) is 1.87. The Morgan fingerprint density at radius 3 is 2.20 bits per heavy atom. The van der Waals surface area contributed by atoms with Crippen LogP contribution in [0.25, 0.3) is 22.6 Å². The number of nitrogens with zero attached hydrogens (tertiary/aromatic N) is 2. The molecule has 1 heterocycles. The largest absolute Gasteiger partial charge is 0.334 e. The van der Waals surface area contributed by atoms with Crippen LogP contribution in [0.4, 0.5) is 0 Å². The van der Waals surface area contributed by atoms with E-state index in [0.717, 1.165) is 24.2 Å². The van der Waals surface area contributed by atoms with Crippen molar-refractivity contribution in [1.82, 2.24) is 10.1 Å². The second-order valence-electron chi connectivity index (χ2n) is 4.71. The highest BCUT2D eigenvalue weighted by atomic mass is 16.5. The van der Waals surface area contributed by atoms with Gasteiger partial charge in [-0.15, -0.1) is 0 Å². The molecule has 0 aliphatic heterocycles. The molecule has 0 unspecified atom stereocenters. The monoisotopic (exact) mass is 264 g/mol. The summed E-state index contributed by atoms with van der Waals surface area (Å²) in [6.45, 7) is 2.10. The first-order valence-electron chi connectivity index (χ1n) is 6.85. The lowest BCUT2D eigenvalue weighted by Gasteiger charge is -2.01. The lowest BCUT2D eigenvalue weighted by atomic mass is 10.0. The first kappa shape index (κ1) is 12.6. The number of aryl methyl sites for hydroxylation is 1. The number of benzene rings is 2. The number of rotatable bonds is 4. The second-order valence-corrected chi connectivity index (χ2v) is 4.71. The molecule has 0 fully saturated rings. The smallest absolute Gasteiger partial charge is 0.257 e. The molecule has 0 saturated heterocycles. The molecule has 20 heavy (non-hydrogen) atoms. The molecule has 100 valence electrons. The predicted molar refractivity (Wildman–Crippen MR) is 79.2 cm³/mol. The van der Waals surface area contributed by atoms with E-state index in [1.165, 1.54) is 11.1 Å². The van der Waals surface area contributed by atoms with Crippen LogP contribution in [-0.2, 0) is 6.42 Å². The summed E-state index contributed by atoms with van der Waals surface area (Å²) in [7, 11) is 0. The Kier molecular flexibility index (Phi) is 3.59. The quantitative estimate of drug-likeness (QED) is 0.703. The van der Waals surface area contributed by atoms with Crippen LogP contribution < -0.4 is 0 Å². The molecule has 1 aromatic heterocycles. The van der Waals surface area contributed by atoms with Crippen molar-refractivity contribution in [3.8, 4) is 22.6 Å². The maximum Gasteiger partial charge on any atom is 0.257 e. The van der Waals surface area contributed by atoms with E-state index in [1.54, 1.807) is 0 Å². The van der Waals surface area contributed by atoms with Gasteiger partial charge in [0.05, 0.1) is 0 Å². The topological polar surface area (TPSA) is 38.9 Å². The summed E-state index contributed by atoms with van der Waals surface area (Å²) >= 11 is 0. The lowest BCUT2D eigenvalue weighted by molar-refractivity contribution is 0.422. The molecule has 2 aromatic carbocycles. The van der Waals surface area contributed by atoms with Gasteiger partial charge in [-0.1, -0.05) is 54.5 Å². The Labute approximate surface area is 118 Å². The minimum absolute atomic E-state index is 0.591. The zero-order valence-electron chi connectivity index (χ0n) is 11.4. The van der Waals surface area contributed by atoms with Crippen LogP contribution in [0, 0.1) is 0 Å². The van der Waals surface area contributed by atoms with E-state index >= 15 is 0 Å². The van der Waals surface area contributed by atoms with Gasteiger partial charge < -0.3 is 4.52 Å². The highest BCUT2D eigenvalue weighted by Crippen LogP contribution is 2.23. The predicted octanol–water partition coefficient (Wildman–Crippen LogP) is 4.36. The Bertz CT molecular complexity index is 672. The molecule has 0 radical (unpaired) electrons. The van der Waals surface area contributed by atoms with Gasteiger partial charge in [0.1, 0.15) is 0 Å². The third-order valence-corrected chi connectivity index (χ3v) is 3.18. The van der Waals surface area contributed by atoms with Crippen LogP contribution in [-0.4, -0.2) is 10.1 Å². The molecule has 0 aliphatic carbocycles. The van der Waals surface area contributed by atoms with Gasteiger partial charge in [0.25, 0.3) is 5.89 Å². The number of hydrogen-bond donors (Lipinski definition) is 0. The molecule has 3 heteroatoms. The van der Waals surface area contributed by atoms with Crippen LogP contribution in [0.3, 0.4) is 0 Å². The van der Waals surface area contributed by atoms with E-state index in [2.05, 4.69) is 41.3 Å². The molecule has 0 spiro atoms. The molecule has 3 rings (SSSR count). The minimum Gasteiger partial charge on any atom is -0.334 e. The molecule has 0 bridgehead atoms.